The highest BCUT2D eigenvalue weighted by Crippen LogP contribution is 2.37. The Labute approximate surface area is 173 Å². The zero-order chi connectivity index (χ0) is 22.1. The quantitative estimate of drug-likeness (QED) is 0.382. The molecule has 0 saturated heterocycles. The number of hydrazone groups is 1. The highest BCUT2D eigenvalue weighted by molar-refractivity contribution is 6.39. The van der Waals surface area contributed by atoms with Gasteiger partial charge in [0.2, 0.25) is 5.75 Å². The molecule has 0 aliphatic carbocycles. The van der Waals surface area contributed by atoms with Gasteiger partial charge in [-0.15, -0.1) is 0 Å². The molecule has 0 fully saturated rings. The first-order valence-electron chi connectivity index (χ1n) is 8.63. The van der Waals surface area contributed by atoms with Gasteiger partial charge in [0.05, 0.1) is 47.5 Å². The van der Waals surface area contributed by atoms with E-state index in [-0.39, 0.29) is 5.69 Å². The van der Waals surface area contributed by atoms with Crippen molar-refractivity contribution in [1.29, 1.82) is 0 Å². The SMILES string of the molecule is COc1ccc(OC)c(NC(=O)C(=O)N/N=C\c2cc(OC)c(OC)c(OC)c2)c1. The van der Waals surface area contributed by atoms with Gasteiger partial charge in [0.15, 0.2) is 11.5 Å². The lowest BCUT2D eigenvalue weighted by Gasteiger charge is -2.12. The number of hydrogen-bond donors (Lipinski definition) is 2. The second kappa shape index (κ2) is 10.6. The Balaban J connectivity index is 2.08. The van der Waals surface area contributed by atoms with Crippen LogP contribution >= 0.6 is 0 Å². The minimum atomic E-state index is -0.969. The summed E-state index contributed by atoms with van der Waals surface area (Å²) in [6.45, 7) is 0. The van der Waals surface area contributed by atoms with E-state index in [0.717, 1.165) is 0 Å². The molecule has 160 valence electrons. The average Bonchev–Trinajstić information content (AvgIpc) is 2.77. The van der Waals surface area contributed by atoms with Crippen LogP contribution in [0.4, 0.5) is 5.69 Å². The standard InChI is InChI=1S/C20H23N3O7/c1-26-13-6-7-15(27-2)14(10-13)22-19(24)20(25)23-21-11-12-8-16(28-3)18(30-5)17(9-12)29-4/h6-11H,1-5H3,(H,22,24)(H,23,25)/b21-11-. The first-order valence-corrected chi connectivity index (χ1v) is 8.63. The van der Waals surface area contributed by atoms with E-state index in [1.165, 1.54) is 47.8 Å². The van der Waals surface area contributed by atoms with Gasteiger partial charge in [0, 0.05) is 11.6 Å². The first kappa shape index (κ1) is 22.3. The summed E-state index contributed by atoms with van der Waals surface area (Å²) in [7, 11) is 7.38. The molecule has 0 aliphatic rings. The highest BCUT2D eigenvalue weighted by Gasteiger charge is 2.16. The topological polar surface area (TPSA) is 117 Å². The molecule has 30 heavy (non-hydrogen) atoms. The number of carbonyl (C=O) groups is 2. The number of amides is 2. The van der Waals surface area contributed by atoms with Gasteiger partial charge < -0.3 is 29.0 Å². The molecule has 0 spiro atoms. The second-order valence-corrected chi connectivity index (χ2v) is 5.68. The van der Waals surface area contributed by atoms with Crippen LogP contribution in [0, 0.1) is 0 Å². The van der Waals surface area contributed by atoms with E-state index in [9.17, 15) is 9.59 Å². The molecule has 0 heterocycles. The minimum absolute atomic E-state index is 0.283. The fraction of sp³-hybridized carbons (Fsp3) is 0.250. The highest BCUT2D eigenvalue weighted by atomic mass is 16.5. The summed E-state index contributed by atoms with van der Waals surface area (Å²) in [4.78, 5) is 24.2. The van der Waals surface area contributed by atoms with Gasteiger partial charge in [-0.2, -0.15) is 5.10 Å². The molecular formula is C20H23N3O7. The van der Waals surface area contributed by atoms with E-state index in [2.05, 4.69) is 15.8 Å². The zero-order valence-corrected chi connectivity index (χ0v) is 17.3. The third kappa shape index (κ3) is 5.31. The number of rotatable bonds is 8. The number of benzene rings is 2. The van der Waals surface area contributed by atoms with Crippen LogP contribution in [0.2, 0.25) is 0 Å². The van der Waals surface area contributed by atoms with Crippen LogP contribution in [0.1, 0.15) is 5.56 Å². The summed E-state index contributed by atoms with van der Waals surface area (Å²) in [6.07, 6.45) is 1.34. The van der Waals surface area contributed by atoms with Gasteiger partial charge in [-0.25, -0.2) is 5.43 Å². The lowest BCUT2D eigenvalue weighted by Crippen LogP contribution is -2.32. The van der Waals surface area contributed by atoms with Crippen LogP contribution in [-0.4, -0.2) is 53.6 Å². The van der Waals surface area contributed by atoms with Gasteiger partial charge >= 0.3 is 11.8 Å². The Morgan fingerprint density at radius 1 is 0.800 bits per heavy atom. The predicted molar refractivity (Wildman–Crippen MR) is 110 cm³/mol. The first-order chi connectivity index (χ1) is 14.5. The lowest BCUT2D eigenvalue weighted by atomic mass is 10.2. The molecule has 2 aromatic carbocycles. The van der Waals surface area contributed by atoms with Crippen molar-refractivity contribution in [3.63, 3.8) is 0 Å². The number of methoxy groups -OCH3 is 5. The van der Waals surface area contributed by atoms with Crippen molar-refractivity contribution in [3.8, 4) is 28.7 Å². The molecule has 2 rings (SSSR count). The number of anilines is 1. The Morgan fingerprint density at radius 3 is 1.97 bits per heavy atom. The van der Waals surface area contributed by atoms with Crippen molar-refractivity contribution in [3.05, 3.63) is 35.9 Å². The third-order valence-corrected chi connectivity index (χ3v) is 3.93. The van der Waals surface area contributed by atoms with Crippen LogP contribution in [0.25, 0.3) is 0 Å². The van der Waals surface area contributed by atoms with E-state index in [0.29, 0.717) is 34.3 Å². The van der Waals surface area contributed by atoms with Crippen molar-refractivity contribution < 1.29 is 33.3 Å². The lowest BCUT2D eigenvalue weighted by molar-refractivity contribution is -0.136. The fourth-order valence-corrected chi connectivity index (χ4v) is 2.48. The molecule has 10 heteroatoms. The number of carbonyl (C=O) groups excluding carboxylic acids is 2. The van der Waals surface area contributed by atoms with Crippen molar-refractivity contribution in [2.45, 2.75) is 0 Å². The maximum absolute atomic E-state index is 12.2. The molecule has 0 aliphatic heterocycles. The van der Waals surface area contributed by atoms with Crippen LogP contribution in [-0.2, 0) is 9.59 Å². The van der Waals surface area contributed by atoms with Gasteiger partial charge in [0.25, 0.3) is 0 Å². The number of nitrogens with zero attached hydrogens (tertiary/aromatic N) is 1. The molecule has 0 atom stereocenters. The average molecular weight is 417 g/mol. The summed E-state index contributed by atoms with van der Waals surface area (Å²) in [5.74, 6) is 0.241. The third-order valence-electron chi connectivity index (χ3n) is 3.93. The summed E-state index contributed by atoms with van der Waals surface area (Å²) in [5, 5.41) is 6.24. The Morgan fingerprint density at radius 2 is 1.43 bits per heavy atom. The number of ether oxygens (including phenoxy) is 5. The summed E-state index contributed by atoms with van der Waals surface area (Å²) in [5.41, 5.74) is 2.99. The van der Waals surface area contributed by atoms with Gasteiger partial charge in [-0.3, -0.25) is 9.59 Å². The van der Waals surface area contributed by atoms with Crippen molar-refractivity contribution >= 4 is 23.7 Å². The molecule has 2 aromatic rings. The maximum Gasteiger partial charge on any atom is 0.329 e. The van der Waals surface area contributed by atoms with Crippen LogP contribution in [0.5, 0.6) is 28.7 Å². The van der Waals surface area contributed by atoms with E-state index in [1.807, 2.05) is 0 Å². The molecular weight excluding hydrogens is 394 g/mol. The molecule has 10 nitrogen and oxygen atoms in total. The molecule has 0 aromatic heterocycles. The van der Waals surface area contributed by atoms with E-state index < -0.39 is 11.8 Å². The smallest absolute Gasteiger partial charge is 0.329 e. The Bertz CT molecular complexity index is 919. The number of nitrogens with one attached hydrogen (secondary N) is 2. The molecule has 0 radical (unpaired) electrons. The summed E-state index contributed by atoms with van der Waals surface area (Å²) < 4.78 is 26.0. The normalized spacial score (nSPS) is 10.3. The largest absolute Gasteiger partial charge is 0.497 e. The van der Waals surface area contributed by atoms with Crippen LogP contribution in [0.3, 0.4) is 0 Å². The van der Waals surface area contributed by atoms with Crippen molar-refractivity contribution in [1.82, 2.24) is 5.43 Å². The van der Waals surface area contributed by atoms with Crippen LogP contribution in [0.15, 0.2) is 35.4 Å². The van der Waals surface area contributed by atoms with Crippen LogP contribution < -0.4 is 34.4 Å². The van der Waals surface area contributed by atoms with Gasteiger partial charge in [-0.05, 0) is 24.3 Å². The van der Waals surface area contributed by atoms with Crippen molar-refractivity contribution in [2.75, 3.05) is 40.9 Å². The predicted octanol–water partition coefficient (Wildman–Crippen LogP) is 1.82. The molecule has 0 saturated carbocycles. The van der Waals surface area contributed by atoms with Crippen molar-refractivity contribution in [2.24, 2.45) is 5.10 Å². The summed E-state index contributed by atoms with van der Waals surface area (Å²) >= 11 is 0. The Hall–Kier alpha value is -3.95. The molecule has 2 amide bonds. The van der Waals surface area contributed by atoms with E-state index >= 15 is 0 Å². The van der Waals surface area contributed by atoms with Gasteiger partial charge in [-0.1, -0.05) is 0 Å². The zero-order valence-electron chi connectivity index (χ0n) is 17.3. The number of hydrogen-bond acceptors (Lipinski definition) is 8. The molecule has 0 unspecified atom stereocenters. The summed E-state index contributed by atoms with van der Waals surface area (Å²) in [6, 6.07) is 8.07. The second-order valence-electron chi connectivity index (χ2n) is 5.68. The van der Waals surface area contributed by atoms with Gasteiger partial charge in [0.1, 0.15) is 11.5 Å². The van der Waals surface area contributed by atoms with E-state index in [1.54, 1.807) is 24.3 Å². The minimum Gasteiger partial charge on any atom is -0.497 e. The Kier molecular flexibility index (Phi) is 7.86. The maximum atomic E-state index is 12.2. The monoisotopic (exact) mass is 417 g/mol. The molecule has 2 N–H and O–H groups in total. The molecule has 0 bridgehead atoms. The van der Waals surface area contributed by atoms with E-state index in [4.69, 9.17) is 23.7 Å². The fourth-order valence-electron chi connectivity index (χ4n) is 2.48.